The molecule has 23 heavy (non-hydrogen) atoms. The highest BCUT2D eigenvalue weighted by Gasteiger charge is 2.14. The molecule has 1 atom stereocenters. The summed E-state index contributed by atoms with van der Waals surface area (Å²) in [6.07, 6.45) is 0. The molecule has 0 aliphatic carbocycles. The summed E-state index contributed by atoms with van der Waals surface area (Å²) in [6.45, 7) is 1.92. The first-order valence-corrected chi connectivity index (χ1v) is 7.26. The second kappa shape index (κ2) is 7.54. The van der Waals surface area contributed by atoms with E-state index < -0.39 is 0 Å². The number of benzene rings is 2. The van der Waals surface area contributed by atoms with Crippen molar-refractivity contribution in [3.05, 3.63) is 53.6 Å². The van der Waals surface area contributed by atoms with Gasteiger partial charge in [0.1, 0.15) is 5.75 Å². The maximum atomic E-state index is 12.3. The largest absolute Gasteiger partial charge is 0.497 e. The summed E-state index contributed by atoms with van der Waals surface area (Å²) in [7, 11) is 4.77. The number of nitrogens with one attached hydrogen (secondary N) is 1. The highest BCUT2D eigenvalue weighted by Crippen LogP contribution is 2.30. The zero-order valence-electron chi connectivity index (χ0n) is 13.8. The van der Waals surface area contributed by atoms with E-state index in [1.54, 1.807) is 45.6 Å². The predicted octanol–water partition coefficient (Wildman–Crippen LogP) is 3.20. The molecular weight excluding hydrogens is 294 g/mol. The fraction of sp³-hybridized carbons (Fsp3) is 0.278. The van der Waals surface area contributed by atoms with Crippen LogP contribution in [-0.2, 0) is 0 Å². The second-order valence-corrected chi connectivity index (χ2v) is 5.04. The molecule has 0 aliphatic rings. The molecule has 1 unspecified atom stereocenters. The maximum absolute atomic E-state index is 12.3. The number of ether oxygens (including phenoxy) is 3. The Kier molecular flexibility index (Phi) is 5.46. The molecule has 0 heterocycles. The van der Waals surface area contributed by atoms with Crippen LogP contribution in [0, 0.1) is 0 Å². The van der Waals surface area contributed by atoms with Gasteiger partial charge in [0.2, 0.25) is 0 Å². The Morgan fingerprint density at radius 3 is 2.13 bits per heavy atom. The average Bonchev–Trinajstić information content (AvgIpc) is 2.60. The summed E-state index contributed by atoms with van der Waals surface area (Å²) >= 11 is 0. The summed E-state index contributed by atoms with van der Waals surface area (Å²) in [4.78, 5) is 12.3. The fourth-order valence-electron chi connectivity index (χ4n) is 2.23. The monoisotopic (exact) mass is 315 g/mol. The first-order chi connectivity index (χ1) is 11.1. The SMILES string of the molecule is COc1ccc(C(=O)NC(C)c2ccc(OC)c(OC)c2)cc1. The van der Waals surface area contributed by atoms with Crippen LogP contribution in [0.1, 0.15) is 28.9 Å². The highest BCUT2D eigenvalue weighted by atomic mass is 16.5. The minimum atomic E-state index is -0.163. The van der Waals surface area contributed by atoms with Gasteiger partial charge in [-0.2, -0.15) is 0 Å². The molecule has 5 nitrogen and oxygen atoms in total. The Balaban J connectivity index is 2.11. The molecule has 1 N–H and O–H groups in total. The molecule has 2 aromatic carbocycles. The van der Waals surface area contributed by atoms with Gasteiger partial charge in [-0.1, -0.05) is 6.07 Å². The molecular formula is C18H21NO4. The molecule has 0 radical (unpaired) electrons. The van der Waals surface area contributed by atoms with Gasteiger partial charge in [0.25, 0.3) is 5.91 Å². The number of methoxy groups -OCH3 is 3. The third-order valence-electron chi connectivity index (χ3n) is 3.61. The Hall–Kier alpha value is -2.69. The standard InChI is InChI=1S/C18H21NO4/c1-12(14-7-10-16(22-3)17(11-14)23-4)19-18(20)13-5-8-15(21-2)9-6-13/h5-12H,1-4H3,(H,19,20). The van der Waals surface area contributed by atoms with E-state index in [-0.39, 0.29) is 11.9 Å². The smallest absolute Gasteiger partial charge is 0.251 e. The molecule has 2 aromatic rings. The lowest BCUT2D eigenvalue weighted by atomic mass is 10.1. The van der Waals surface area contributed by atoms with Gasteiger partial charge in [0.05, 0.1) is 27.4 Å². The van der Waals surface area contributed by atoms with E-state index >= 15 is 0 Å². The normalized spacial score (nSPS) is 11.5. The topological polar surface area (TPSA) is 56.8 Å². The maximum Gasteiger partial charge on any atom is 0.251 e. The number of hydrogen-bond acceptors (Lipinski definition) is 4. The van der Waals surface area contributed by atoms with Crippen molar-refractivity contribution in [3.8, 4) is 17.2 Å². The lowest BCUT2D eigenvalue weighted by Gasteiger charge is -2.16. The third kappa shape index (κ3) is 3.94. The molecule has 0 fully saturated rings. The van der Waals surface area contributed by atoms with Crippen LogP contribution in [0.15, 0.2) is 42.5 Å². The quantitative estimate of drug-likeness (QED) is 0.889. The number of carbonyl (C=O) groups excluding carboxylic acids is 1. The molecule has 0 spiro atoms. The van der Waals surface area contributed by atoms with Crippen molar-refractivity contribution in [2.45, 2.75) is 13.0 Å². The van der Waals surface area contributed by atoms with Gasteiger partial charge in [-0.05, 0) is 48.9 Å². The molecule has 122 valence electrons. The molecule has 2 rings (SSSR count). The van der Waals surface area contributed by atoms with E-state index in [1.807, 2.05) is 25.1 Å². The highest BCUT2D eigenvalue weighted by molar-refractivity contribution is 5.94. The predicted molar refractivity (Wildman–Crippen MR) is 88.4 cm³/mol. The summed E-state index contributed by atoms with van der Waals surface area (Å²) in [5, 5.41) is 2.96. The van der Waals surface area contributed by atoms with Gasteiger partial charge in [0, 0.05) is 5.56 Å². The molecule has 1 amide bonds. The second-order valence-electron chi connectivity index (χ2n) is 5.04. The van der Waals surface area contributed by atoms with Crippen LogP contribution in [0.3, 0.4) is 0 Å². The Morgan fingerprint density at radius 2 is 1.57 bits per heavy atom. The van der Waals surface area contributed by atoms with Crippen molar-refractivity contribution in [2.75, 3.05) is 21.3 Å². The van der Waals surface area contributed by atoms with E-state index in [0.29, 0.717) is 17.1 Å². The van der Waals surface area contributed by atoms with E-state index in [9.17, 15) is 4.79 Å². The molecule has 0 bridgehead atoms. The Labute approximate surface area is 136 Å². The van der Waals surface area contributed by atoms with Crippen LogP contribution < -0.4 is 19.5 Å². The average molecular weight is 315 g/mol. The van der Waals surface area contributed by atoms with Gasteiger partial charge < -0.3 is 19.5 Å². The third-order valence-corrected chi connectivity index (χ3v) is 3.61. The van der Waals surface area contributed by atoms with Crippen LogP contribution in [0.2, 0.25) is 0 Å². The van der Waals surface area contributed by atoms with Gasteiger partial charge >= 0.3 is 0 Å². The van der Waals surface area contributed by atoms with E-state index in [2.05, 4.69) is 5.32 Å². The first kappa shape index (κ1) is 16.7. The van der Waals surface area contributed by atoms with Crippen LogP contribution in [0.4, 0.5) is 0 Å². The summed E-state index contributed by atoms with van der Waals surface area (Å²) in [5.41, 5.74) is 1.52. The molecule has 0 aliphatic heterocycles. The van der Waals surface area contributed by atoms with Gasteiger partial charge in [-0.15, -0.1) is 0 Å². The van der Waals surface area contributed by atoms with Crippen molar-refractivity contribution in [1.29, 1.82) is 0 Å². The molecule has 0 aromatic heterocycles. The van der Waals surface area contributed by atoms with Crippen LogP contribution >= 0.6 is 0 Å². The fourth-order valence-corrected chi connectivity index (χ4v) is 2.23. The summed E-state index contributed by atoms with van der Waals surface area (Å²) < 4.78 is 15.6. The number of rotatable bonds is 6. The Bertz CT molecular complexity index is 667. The van der Waals surface area contributed by atoms with Crippen molar-refractivity contribution in [3.63, 3.8) is 0 Å². The first-order valence-electron chi connectivity index (χ1n) is 7.26. The minimum absolute atomic E-state index is 0.144. The van der Waals surface area contributed by atoms with Crippen molar-refractivity contribution >= 4 is 5.91 Å². The van der Waals surface area contributed by atoms with Crippen LogP contribution in [0.5, 0.6) is 17.2 Å². The van der Waals surface area contributed by atoms with Gasteiger partial charge in [0.15, 0.2) is 11.5 Å². The number of carbonyl (C=O) groups is 1. The summed E-state index contributed by atoms with van der Waals surface area (Å²) in [5.74, 6) is 1.87. The Morgan fingerprint density at radius 1 is 0.913 bits per heavy atom. The number of hydrogen-bond donors (Lipinski definition) is 1. The van der Waals surface area contributed by atoms with Crippen LogP contribution in [0.25, 0.3) is 0 Å². The molecule has 0 saturated heterocycles. The summed E-state index contributed by atoms with van der Waals surface area (Å²) in [6, 6.07) is 12.4. The van der Waals surface area contributed by atoms with Crippen molar-refractivity contribution in [1.82, 2.24) is 5.32 Å². The van der Waals surface area contributed by atoms with E-state index in [4.69, 9.17) is 14.2 Å². The van der Waals surface area contributed by atoms with Gasteiger partial charge in [-0.3, -0.25) is 4.79 Å². The lowest BCUT2D eigenvalue weighted by Crippen LogP contribution is -2.26. The van der Waals surface area contributed by atoms with Crippen LogP contribution in [-0.4, -0.2) is 27.2 Å². The molecule has 0 saturated carbocycles. The van der Waals surface area contributed by atoms with Gasteiger partial charge in [-0.25, -0.2) is 0 Å². The zero-order chi connectivity index (χ0) is 16.8. The van der Waals surface area contributed by atoms with Crippen molar-refractivity contribution < 1.29 is 19.0 Å². The zero-order valence-corrected chi connectivity index (χ0v) is 13.8. The number of amides is 1. The van der Waals surface area contributed by atoms with Crippen molar-refractivity contribution in [2.24, 2.45) is 0 Å². The lowest BCUT2D eigenvalue weighted by molar-refractivity contribution is 0.0940. The minimum Gasteiger partial charge on any atom is -0.497 e. The van der Waals surface area contributed by atoms with E-state index in [1.165, 1.54) is 0 Å². The van der Waals surface area contributed by atoms with E-state index in [0.717, 1.165) is 11.3 Å². The molecule has 5 heteroatoms.